The Bertz CT molecular complexity index is 822. The summed E-state index contributed by atoms with van der Waals surface area (Å²) in [6, 6.07) is 8.92. The first-order valence-electron chi connectivity index (χ1n) is 7.31. The number of carbonyl (C=O) groups excluding carboxylic acids is 2. The maximum absolute atomic E-state index is 13.6. The highest BCUT2D eigenvalue weighted by atomic mass is 35.5. The Kier molecular flexibility index (Phi) is 4.73. The lowest BCUT2D eigenvalue weighted by Crippen LogP contribution is -2.27. The molecule has 3 rings (SSSR count). The van der Waals surface area contributed by atoms with Gasteiger partial charge in [0.2, 0.25) is 0 Å². The Morgan fingerprint density at radius 2 is 1.71 bits per heavy atom. The zero-order valence-electron chi connectivity index (χ0n) is 12.4. The largest absolute Gasteiger partial charge is 0.349 e. The summed E-state index contributed by atoms with van der Waals surface area (Å²) in [5.74, 6) is -1.63. The van der Waals surface area contributed by atoms with Crippen molar-refractivity contribution in [2.75, 3.05) is 5.32 Å². The monoisotopic (exact) mass is 366 g/mol. The molecule has 0 atom stereocenters. The molecular formula is C17H13Cl2FN2O2. The third-order valence-corrected chi connectivity index (χ3v) is 4.19. The van der Waals surface area contributed by atoms with Crippen LogP contribution in [0.3, 0.4) is 0 Å². The molecule has 124 valence electrons. The van der Waals surface area contributed by atoms with E-state index < -0.39 is 11.7 Å². The summed E-state index contributed by atoms with van der Waals surface area (Å²) in [7, 11) is 0. The average molecular weight is 367 g/mol. The highest BCUT2D eigenvalue weighted by Gasteiger charge is 2.25. The molecule has 2 aromatic rings. The Morgan fingerprint density at radius 1 is 1.00 bits per heavy atom. The number of anilines is 1. The van der Waals surface area contributed by atoms with E-state index in [0.717, 1.165) is 18.9 Å². The molecule has 7 heteroatoms. The number of hydrogen-bond acceptors (Lipinski definition) is 2. The molecular weight excluding hydrogens is 354 g/mol. The Hall–Kier alpha value is -2.11. The normalized spacial score (nSPS) is 13.5. The second-order valence-corrected chi connectivity index (χ2v) is 6.31. The molecule has 1 aliphatic rings. The van der Waals surface area contributed by atoms with E-state index in [-0.39, 0.29) is 27.6 Å². The molecule has 2 aromatic carbocycles. The van der Waals surface area contributed by atoms with Gasteiger partial charge in [-0.05, 0) is 37.1 Å². The van der Waals surface area contributed by atoms with Gasteiger partial charge >= 0.3 is 0 Å². The molecule has 0 aromatic heterocycles. The zero-order valence-corrected chi connectivity index (χ0v) is 13.9. The molecule has 2 N–H and O–H groups in total. The van der Waals surface area contributed by atoms with Gasteiger partial charge in [-0.2, -0.15) is 0 Å². The third-order valence-electron chi connectivity index (χ3n) is 3.59. The number of carbonyl (C=O) groups is 2. The Balaban J connectivity index is 1.84. The number of benzene rings is 2. The number of para-hydroxylation sites is 1. The second-order valence-electron chi connectivity index (χ2n) is 5.49. The van der Waals surface area contributed by atoms with Crippen LogP contribution in [0.1, 0.15) is 33.6 Å². The van der Waals surface area contributed by atoms with Crippen molar-refractivity contribution in [2.24, 2.45) is 0 Å². The van der Waals surface area contributed by atoms with E-state index in [2.05, 4.69) is 10.6 Å². The van der Waals surface area contributed by atoms with E-state index in [1.54, 1.807) is 24.3 Å². The van der Waals surface area contributed by atoms with Crippen LogP contribution in [0.5, 0.6) is 0 Å². The van der Waals surface area contributed by atoms with Crippen molar-refractivity contribution in [2.45, 2.75) is 18.9 Å². The first-order valence-corrected chi connectivity index (χ1v) is 8.07. The van der Waals surface area contributed by atoms with Gasteiger partial charge in [0.05, 0.1) is 26.9 Å². The summed E-state index contributed by atoms with van der Waals surface area (Å²) in [6.07, 6.45) is 1.92. The molecule has 24 heavy (non-hydrogen) atoms. The van der Waals surface area contributed by atoms with Crippen LogP contribution in [0, 0.1) is 5.82 Å². The fourth-order valence-corrected chi connectivity index (χ4v) is 2.64. The minimum absolute atomic E-state index is 0.0267. The summed E-state index contributed by atoms with van der Waals surface area (Å²) in [6.45, 7) is 0. The van der Waals surface area contributed by atoms with E-state index in [0.29, 0.717) is 11.3 Å². The van der Waals surface area contributed by atoms with Crippen molar-refractivity contribution in [1.29, 1.82) is 0 Å². The summed E-state index contributed by atoms with van der Waals surface area (Å²) >= 11 is 11.6. The van der Waals surface area contributed by atoms with E-state index in [9.17, 15) is 14.0 Å². The fourth-order valence-electron chi connectivity index (χ4n) is 2.17. The Morgan fingerprint density at radius 3 is 2.42 bits per heavy atom. The molecule has 1 aliphatic carbocycles. The standard InChI is InChI=1S/C17H13Cl2FN2O2/c18-12-8-13(19)14(20)7-11(12)17(24)22-15-4-2-1-3-10(15)16(23)21-9-5-6-9/h1-4,7-9H,5-6H2,(H,21,23)(H,22,24). The van der Waals surface area contributed by atoms with Gasteiger partial charge in [0, 0.05) is 6.04 Å². The third kappa shape index (κ3) is 3.68. The van der Waals surface area contributed by atoms with Gasteiger partial charge in [0.1, 0.15) is 5.82 Å². The first kappa shape index (κ1) is 16.7. The quantitative estimate of drug-likeness (QED) is 0.793. The van der Waals surface area contributed by atoms with Gasteiger partial charge < -0.3 is 10.6 Å². The van der Waals surface area contributed by atoms with Crippen molar-refractivity contribution in [3.05, 3.63) is 63.4 Å². The lowest BCUT2D eigenvalue weighted by atomic mass is 10.1. The lowest BCUT2D eigenvalue weighted by Gasteiger charge is -2.12. The number of halogens is 3. The number of rotatable bonds is 4. The van der Waals surface area contributed by atoms with Gasteiger partial charge in [-0.1, -0.05) is 35.3 Å². The molecule has 0 unspecified atom stereocenters. The van der Waals surface area contributed by atoms with Gasteiger partial charge in [0.25, 0.3) is 11.8 Å². The Labute approximate surface area is 148 Å². The predicted molar refractivity (Wildman–Crippen MR) is 91.3 cm³/mol. The van der Waals surface area contributed by atoms with E-state index in [1.807, 2.05) is 0 Å². The molecule has 0 spiro atoms. The van der Waals surface area contributed by atoms with Crippen LogP contribution in [-0.4, -0.2) is 17.9 Å². The van der Waals surface area contributed by atoms with Crippen LogP contribution in [0.4, 0.5) is 10.1 Å². The molecule has 1 fully saturated rings. The summed E-state index contributed by atoms with van der Waals surface area (Å²) in [5, 5.41) is 5.31. The molecule has 0 radical (unpaired) electrons. The van der Waals surface area contributed by atoms with Crippen molar-refractivity contribution in [3.8, 4) is 0 Å². The lowest BCUT2D eigenvalue weighted by molar-refractivity contribution is 0.0952. The summed E-state index contributed by atoms with van der Waals surface area (Å²) < 4.78 is 13.6. The van der Waals surface area contributed by atoms with Crippen molar-refractivity contribution >= 4 is 40.7 Å². The van der Waals surface area contributed by atoms with Gasteiger partial charge in [-0.15, -0.1) is 0 Å². The van der Waals surface area contributed by atoms with Crippen molar-refractivity contribution in [1.82, 2.24) is 5.32 Å². The van der Waals surface area contributed by atoms with Gasteiger partial charge in [-0.3, -0.25) is 9.59 Å². The van der Waals surface area contributed by atoms with Crippen molar-refractivity contribution in [3.63, 3.8) is 0 Å². The minimum Gasteiger partial charge on any atom is -0.349 e. The topological polar surface area (TPSA) is 58.2 Å². The van der Waals surface area contributed by atoms with Gasteiger partial charge in [-0.25, -0.2) is 4.39 Å². The maximum atomic E-state index is 13.6. The van der Waals surface area contributed by atoms with Gasteiger partial charge in [0.15, 0.2) is 0 Å². The second kappa shape index (κ2) is 6.79. The van der Waals surface area contributed by atoms with E-state index in [1.165, 1.54) is 6.07 Å². The smallest absolute Gasteiger partial charge is 0.257 e. The average Bonchev–Trinajstić information content (AvgIpc) is 3.35. The minimum atomic E-state index is -0.744. The number of nitrogens with one attached hydrogen (secondary N) is 2. The molecule has 0 heterocycles. The molecule has 4 nitrogen and oxygen atoms in total. The number of amides is 2. The summed E-state index contributed by atoms with van der Waals surface area (Å²) in [4.78, 5) is 24.6. The van der Waals surface area contributed by atoms with Crippen LogP contribution in [0.25, 0.3) is 0 Å². The predicted octanol–water partition coefficient (Wildman–Crippen LogP) is 4.28. The highest BCUT2D eigenvalue weighted by Crippen LogP contribution is 2.26. The first-order chi connectivity index (χ1) is 11.5. The molecule has 0 aliphatic heterocycles. The van der Waals surface area contributed by atoms with Crippen LogP contribution in [-0.2, 0) is 0 Å². The maximum Gasteiger partial charge on any atom is 0.257 e. The number of hydrogen-bond donors (Lipinski definition) is 2. The molecule has 1 saturated carbocycles. The zero-order chi connectivity index (χ0) is 17.3. The van der Waals surface area contributed by atoms with Crippen LogP contribution >= 0.6 is 23.2 Å². The molecule has 0 saturated heterocycles. The molecule has 2 amide bonds. The van der Waals surface area contributed by atoms with E-state index in [4.69, 9.17) is 23.2 Å². The molecule has 0 bridgehead atoms. The SMILES string of the molecule is O=C(Nc1ccccc1C(=O)NC1CC1)c1cc(F)c(Cl)cc1Cl. The summed E-state index contributed by atoms with van der Waals surface area (Å²) in [5.41, 5.74) is 0.603. The van der Waals surface area contributed by atoms with Crippen LogP contribution in [0.15, 0.2) is 36.4 Å². The van der Waals surface area contributed by atoms with Crippen LogP contribution in [0.2, 0.25) is 10.0 Å². The van der Waals surface area contributed by atoms with E-state index >= 15 is 0 Å². The highest BCUT2D eigenvalue weighted by molar-refractivity contribution is 6.37. The van der Waals surface area contributed by atoms with Crippen molar-refractivity contribution < 1.29 is 14.0 Å². The fraction of sp³-hybridized carbons (Fsp3) is 0.176. The van der Waals surface area contributed by atoms with Crippen LogP contribution < -0.4 is 10.6 Å².